The largest absolute Gasteiger partial charge is 0.496 e. The zero-order chi connectivity index (χ0) is 13.8. The third kappa shape index (κ3) is 2.83. The van der Waals surface area contributed by atoms with Crippen molar-refractivity contribution in [1.29, 1.82) is 0 Å². The van der Waals surface area contributed by atoms with Gasteiger partial charge in [-0.05, 0) is 29.8 Å². The van der Waals surface area contributed by atoms with Crippen LogP contribution in [0.4, 0.5) is 0 Å². The Labute approximate surface area is 117 Å². The molecule has 0 aromatic heterocycles. The molecule has 0 fully saturated rings. The molecule has 2 aromatic carbocycles. The van der Waals surface area contributed by atoms with Gasteiger partial charge in [-0.3, -0.25) is 0 Å². The van der Waals surface area contributed by atoms with Crippen molar-refractivity contribution >= 4 is 11.6 Å². The Kier molecular flexibility index (Phi) is 4.30. The Hall–Kier alpha value is -1.71. The van der Waals surface area contributed by atoms with Gasteiger partial charge in [0.15, 0.2) is 0 Å². The Morgan fingerprint density at radius 2 is 1.58 bits per heavy atom. The van der Waals surface area contributed by atoms with Gasteiger partial charge in [-0.15, -0.1) is 0 Å². The monoisotopic (exact) mass is 278 g/mol. The van der Waals surface area contributed by atoms with Gasteiger partial charge >= 0.3 is 0 Å². The van der Waals surface area contributed by atoms with Crippen LogP contribution in [0.15, 0.2) is 42.5 Å². The number of hydrogen-bond donors (Lipinski definition) is 1. The van der Waals surface area contributed by atoms with E-state index in [9.17, 15) is 5.11 Å². The lowest BCUT2D eigenvalue weighted by Gasteiger charge is -2.18. The fourth-order valence-electron chi connectivity index (χ4n) is 1.99. The van der Waals surface area contributed by atoms with E-state index in [-0.39, 0.29) is 0 Å². The lowest BCUT2D eigenvalue weighted by molar-refractivity contribution is 0.209. The summed E-state index contributed by atoms with van der Waals surface area (Å²) in [5.41, 5.74) is 1.28. The molecule has 1 unspecified atom stereocenters. The van der Waals surface area contributed by atoms with E-state index in [0.29, 0.717) is 27.6 Å². The van der Waals surface area contributed by atoms with Crippen LogP contribution in [0.1, 0.15) is 17.2 Å². The fraction of sp³-hybridized carbons (Fsp3) is 0.200. The van der Waals surface area contributed by atoms with Crippen molar-refractivity contribution in [1.82, 2.24) is 0 Å². The van der Waals surface area contributed by atoms with E-state index in [1.807, 2.05) is 12.1 Å². The molecule has 0 aliphatic heterocycles. The smallest absolute Gasteiger partial charge is 0.128 e. The Morgan fingerprint density at radius 3 is 2.11 bits per heavy atom. The lowest BCUT2D eigenvalue weighted by Crippen LogP contribution is -2.05. The first-order valence-corrected chi connectivity index (χ1v) is 6.19. The van der Waals surface area contributed by atoms with Crippen LogP contribution in [0.5, 0.6) is 11.5 Å². The molecule has 4 heteroatoms. The maximum atomic E-state index is 10.5. The summed E-state index contributed by atoms with van der Waals surface area (Å²) >= 11 is 5.95. The second-order valence-corrected chi connectivity index (χ2v) is 4.47. The molecule has 0 aliphatic rings. The Balaban J connectivity index is 2.51. The first-order chi connectivity index (χ1) is 9.17. The van der Waals surface area contributed by atoms with Crippen molar-refractivity contribution in [2.75, 3.05) is 14.2 Å². The van der Waals surface area contributed by atoms with E-state index in [1.54, 1.807) is 44.6 Å². The molecule has 1 N–H and O–H groups in total. The van der Waals surface area contributed by atoms with Crippen molar-refractivity contribution in [3.05, 3.63) is 58.6 Å². The summed E-state index contributed by atoms with van der Waals surface area (Å²) in [6, 6.07) is 12.5. The van der Waals surface area contributed by atoms with Crippen LogP contribution < -0.4 is 9.47 Å². The van der Waals surface area contributed by atoms with Crippen molar-refractivity contribution < 1.29 is 14.6 Å². The predicted molar refractivity (Wildman–Crippen MR) is 75.1 cm³/mol. The van der Waals surface area contributed by atoms with Crippen molar-refractivity contribution in [3.8, 4) is 11.5 Å². The molecule has 2 rings (SSSR count). The summed E-state index contributed by atoms with van der Waals surface area (Å²) in [6.07, 6.45) is -0.857. The van der Waals surface area contributed by atoms with Gasteiger partial charge in [-0.2, -0.15) is 0 Å². The number of aliphatic hydroxyl groups is 1. The lowest BCUT2D eigenvalue weighted by atomic mass is 9.99. The molecule has 0 spiro atoms. The predicted octanol–water partition coefficient (Wildman–Crippen LogP) is 3.44. The number of halogens is 1. The molecule has 0 bridgehead atoms. The normalized spacial score (nSPS) is 12.0. The highest BCUT2D eigenvalue weighted by atomic mass is 35.5. The average Bonchev–Trinajstić information content (AvgIpc) is 2.45. The number of benzene rings is 2. The van der Waals surface area contributed by atoms with E-state index in [1.165, 1.54) is 0 Å². The molecule has 0 saturated heterocycles. The topological polar surface area (TPSA) is 38.7 Å². The van der Waals surface area contributed by atoms with Crippen molar-refractivity contribution in [2.24, 2.45) is 0 Å². The van der Waals surface area contributed by atoms with Gasteiger partial charge in [0.1, 0.15) is 17.6 Å². The SMILES string of the molecule is COc1cccc(OC)c1C(O)c1cccc(Cl)c1. The van der Waals surface area contributed by atoms with Gasteiger partial charge < -0.3 is 14.6 Å². The van der Waals surface area contributed by atoms with Crippen LogP contribution in [0.3, 0.4) is 0 Å². The maximum absolute atomic E-state index is 10.5. The highest BCUT2D eigenvalue weighted by Gasteiger charge is 2.20. The minimum Gasteiger partial charge on any atom is -0.496 e. The van der Waals surface area contributed by atoms with Gasteiger partial charge in [0, 0.05) is 5.02 Å². The summed E-state index contributed by atoms with van der Waals surface area (Å²) in [5.74, 6) is 1.15. The zero-order valence-corrected chi connectivity index (χ0v) is 11.5. The second kappa shape index (κ2) is 5.95. The highest BCUT2D eigenvalue weighted by molar-refractivity contribution is 6.30. The molecule has 0 radical (unpaired) electrons. The minimum atomic E-state index is -0.857. The molecular formula is C15H15ClO3. The molecule has 0 aliphatic carbocycles. The molecule has 2 aromatic rings. The van der Waals surface area contributed by atoms with E-state index in [4.69, 9.17) is 21.1 Å². The average molecular weight is 279 g/mol. The molecule has 1 atom stereocenters. The van der Waals surface area contributed by atoms with E-state index in [2.05, 4.69) is 0 Å². The first-order valence-electron chi connectivity index (χ1n) is 5.81. The van der Waals surface area contributed by atoms with Crippen LogP contribution >= 0.6 is 11.6 Å². The maximum Gasteiger partial charge on any atom is 0.128 e. The number of ether oxygens (including phenoxy) is 2. The highest BCUT2D eigenvalue weighted by Crippen LogP contribution is 2.37. The van der Waals surface area contributed by atoms with Crippen LogP contribution in [0, 0.1) is 0 Å². The Bertz CT molecular complexity index is 547. The Morgan fingerprint density at radius 1 is 1.00 bits per heavy atom. The number of aliphatic hydroxyl groups excluding tert-OH is 1. The molecule has 0 heterocycles. The quantitative estimate of drug-likeness (QED) is 0.931. The molecule has 19 heavy (non-hydrogen) atoms. The zero-order valence-electron chi connectivity index (χ0n) is 10.8. The standard InChI is InChI=1S/C15H15ClO3/c1-18-12-7-4-8-13(19-2)14(12)15(17)10-5-3-6-11(16)9-10/h3-9,15,17H,1-2H3. The summed E-state index contributed by atoms with van der Waals surface area (Å²) in [4.78, 5) is 0. The molecule has 3 nitrogen and oxygen atoms in total. The summed E-state index contributed by atoms with van der Waals surface area (Å²) in [6.45, 7) is 0. The van der Waals surface area contributed by atoms with E-state index < -0.39 is 6.10 Å². The molecule has 0 saturated carbocycles. The van der Waals surface area contributed by atoms with Crippen LogP contribution in [-0.2, 0) is 0 Å². The summed E-state index contributed by atoms with van der Waals surface area (Å²) < 4.78 is 10.6. The number of methoxy groups -OCH3 is 2. The van der Waals surface area contributed by atoms with Gasteiger partial charge in [-0.25, -0.2) is 0 Å². The molecule has 100 valence electrons. The van der Waals surface area contributed by atoms with Crippen LogP contribution in [0.25, 0.3) is 0 Å². The van der Waals surface area contributed by atoms with E-state index in [0.717, 1.165) is 0 Å². The number of hydrogen-bond acceptors (Lipinski definition) is 3. The van der Waals surface area contributed by atoms with Crippen LogP contribution in [0.2, 0.25) is 5.02 Å². The third-order valence-electron chi connectivity index (χ3n) is 2.90. The van der Waals surface area contributed by atoms with Crippen molar-refractivity contribution in [3.63, 3.8) is 0 Å². The van der Waals surface area contributed by atoms with Crippen LogP contribution in [-0.4, -0.2) is 19.3 Å². The number of rotatable bonds is 4. The van der Waals surface area contributed by atoms with Gasteiger partial charge in [0.2, 0.25) is 0 Å². The fourth-order valence-corrected chi connectivity index (χ4v) is 2.19. The van der Waals surface area contributed by atoms with Gasteiger partial charge in [-0.1, -0.05) is 29.8 Å². The minimum absolute atomic E-state index is 0.574. The summed E-state index contributed by atoms with van der Waals surface area (Å²) in [5, 5.41) is 11.1. The second-order valence-electron chi connectivity index (χ2n) is 4.03. The third-order valence-corrected chi connectivity index (χ3v) is 3.14. The molecule has 0 amide bonds. The van der Waals surface area contributed by atoms with Gasteiger partial charge in [0.25, 0.3) is 0 Å². The van der Waals surface area contributed by atoms with Gasteiger partial charge in [0.05, 0.1) is 19.8 Å². The van der Waals surface area contributed by atoms with Crippen molar-refractivity contribution in [2.45, 2.75) is 6.10 Å². The van der Waals surface area contributed by atoms with E-state index >= 15 is 0 Å². The summed E-state index contributed by atoms with van der Waals surface area (Å²) in [7, 11) is 3.12. The molecular weight excluding hydrogens is 264 g/mol. The first kappa shape index (κ1) is 13.7.